The van der Waals surface area contributed by atoms with Crippen LogP contribution in [-0.2, 0) is 11.8 Å². The third kappa shape index (κ3) is 1.75. The first kappa shape index (κ1) is 12.2. The predicted molar refractivity (Wildman–Crippen MR) is 70.1 cm³/mol. The first-order valence-electron chi connectivity index (χ1n) is 6.76. The van der Waals surface area contributed by atoms with E-state index in [1.807, 2.05) is 24.6 Å². The standard InChI is InChI=1S/C14H18N4O/c1-9-11(7-10(8-15)17(9)2)13-16-14(19)12-5-3-4-6-18(12)13/h7,12-13H,3-6H2,1-2H3,(H,16,19)/t12-,13-/m0/s1. The first-order chi connectivity index (χ1) is 9.13. The van der Waals surface area contributed by atoms with E-state index in [9.17, 15) is 4.79 Å². The van der Waals surface area contributed by atoms with Gasteiger partial charge in [-0.3, -0.25) is 9.69 Å². The van der Waals surface area contributed by atoms with Gasteiger partial charge in [0, 0.05) is 24.8 Å². The van der Waals surface area contributed by atoms with Crippen molar-refractivity contribution in [1.29, 1.82) is 5.26 Å². The van der Waals surface area contributed by atoms with Crippen LogP contribution < -0.4 is 5.32 Å². The van der Waals surface area contributed by atoms with Crippen molar-refractivity contribution < 1.29 is 4.79 Å². The van der Waals surface area contributed by atoms with Crippen molar-refractivity contribution in [2.45, 2.75) is 38.4 Å². The zero-order valence-corrected chi connectivity index (χ0v) is 11.3. The summed E-state index contributed by atoms with van der Waals surface area (Å²) in [4.78, 5) is 14.3. The van der Waals surface area contributed by atoms with Gasteiger partial charge in [-0.1, -0.05) is 6.42 Å². The molecule has 2 aliphatic rings. The molecule has 0 bridgehead atoms. The Hall–Kier alpha value is -1.80. The highest BCUT2D eigenvalue weighted by Gasteiger charge is 2.42. The van der Waals surface area contributed by atoms with Gasteiger partial charge in [-0.05, 0) is 25.8 Å². The average Bonchev–Trinajstić information content (AvgIpc) is 2.90. The molecule has 100 valence electrons. The number of nitriles is 1. The molecule has 3 rings (SSSR count). The summed E-state index contributed by atoms with van der Waals surface area (Å²) < 4.78 is 1.89. The van der Waals surface area contributed by atoms with Crippen LogP contribution in [0, 0.1) is 18.3 Å². The van der Waals surface area contributed by atoms with E-state index in [-0.39, 0.29) is 18.1 Å². The van der Waals surface area contributed by atoms with Gasteiger partial charge in [0.2, 0.25) is 5.91 Å². The second kappa shape index (κ2) is 4.39. The lowest BCUT2D eigenvalue weighted by Crippen LogP contribution is -2.38. The zero-order chi connectivity index (χ0) is 13.6. The van der Waals surface area contributed by atoms with E-state index in [0.717, 1.165) is 37.1 Å². The molecule has 0 aliphatic carbocycles. The summed E-state index contributed by atoms with van der Waals surface area (Å²) in [6.45, 7) is 2.95. The van der Waals surface area contributed by atoms with Crippen LogP contribution in [0.25, 0.3) is 0 Å². The molecule has 0 unspecified atom stereocenters. The minimum Gasteiger partial charge on any atom is -0.340 e. The van der Waals surface area contributed by atoms with E-state index in [1.165, 1.54) is 0 Å². The topological polar surface area (TPSA) is 61.1 Å². The van der Waals surface area contributed by atoms with Crippen molar-refractivity contribution in [1.82, 2.24) is 14.8 Å². The molecule has 1 aromatic heterocycles. The maximum Gasteiger partial charge on any atom is 0.238 e. The quantitative estimate of drug-likeness (QED) is 0.823. The van der Waals surface area contributed by atoms with Crippen LogP contribution in [0.5, 0.6) is 0 Å². The Labute approximate surface area is 112 Å². The Morgan fingerprint density at radius 2 is 2.26 bits per heavy atom. The zero-order valence-electron chi connectivity index (χ0n) is 11.3. The summed E-state index contributed by atoms with van der Waals surface area (Å²) in [6, 6.07) is 4.11. The summed E-state index contributed by atoms with van der Waals surface area (Å²) in [5.41, 5.74) is 2.74. The Bertz CT molecular complexity index is 569. The normalized spacial score (nSPS) is 26.9. The summed E-state index contributed by atoms with van der Waals surface area (Å²) >= 11 is 0. The summed E-state index contributed by atoms with van der Waals surface area (Å²) in [5.74, 6) is 0.131. The summed E-state index contributed by atoms with van der Waals surface area (Å²) in [5, 5.41) is 12.2. The van der Waals surface area contributed by atoms with Crippen LogP contribution in [0.3, 0.4) is 0 Å². The van der Waals surface area contributed by atoms with Crippen molar-refractivity contribution in [3.63, 3.8) is 0 Å². The van der Waals surface area contributed by atoms with Crippen molar-refractivity contribution >= 4 is 5.91 Å². The van der Waals surface area contributed by atoms with Gasteiger partial charge in [-0.2, -0.15) is 5.26 Å². The fraction of sp³-hybridized carbons (Fsp3) is 0.571. The van der Waals surface area contributed by atoms with E-state index in [4.69, 9.17) is 5.26 Å². The molecule has 2 saturated heterocycles. The van der Waals surface area contributed by atoms with Crippen LogP contribution >= 0.6 is 0 Å². The summed E-state index contributed by atoms with van der Waals surface area (Å²) in [6.07, 6.45) is 3.14. The molecule has 19 heavy (non-hydrogen) atoms. The van der Waals surface area contributed by atoms with Gasteiger partial charge in [-0.25, -0.2) is 0 Å². The Balaban J connectivity index is 1.99. The minimum absolute atomic E-state index is 0.0175. The maximum atomic E-state index is 12.0. The van der Waals surface area contributed by atoms with Crippen LogP contribution in [0.15, 0.2) is 6.07 Å². The highest BCUT2D eigenvalue weighted by atomic mass is 16.2. The van der Waals surface area contributed by atoms with E-state index in [2.05, 4.69) is 16.3 Å². The third-order valence-corrected chi connectivity index (χ3v) is 4.44. The highest BCUT2D eigenvalue weighted by Crippen LogP contribution is 2.34. The van der Waals surface area contributed by atoms with Gasteiger partial charge in [0.1, 0.15) is 17.9 Å². The van der Waals surface area contributed by atoms with E-state index >= 15 is 0 Å². The molecule has 0 saturated carbocycles. The SMILES string of the molecule is Cc1c([C@H]2NC(=O)[C@@H]3CCCCN23)cc(C#N)n1C. The molecule has 5 heteroatoms. The lowest BCUT2D eigenvalue weighted by atomic mass is 10.0. The molecule has 2 atom stereocenters. The second-order valence-electron chi connectivity index (χ2n) is 5.40. The number of nitrogens with one attached hydrogen (secondary N) is 1. The fourth-order valence-corrected chi connectivity index (χ4v) is 3.22. The van der Waals surface area contributed by atoms with Crippen molar-refractivity contribution in [3.05, 3.63) is 23.0 Å². The number of carbonyl (C=O) groups is 1. The van der Waals surface area contributed by atoms with Gasteiger partial charge < -0.3 is 9.88 Å². The van der Waals surface area contributed by atoms with Crippen LogP contribution in [0.1, 0.15) is 42.4 Å². The third-order valence-electron chi connectivity index (χ3n) is 4.44. The number of piperidine rings is 1. The number of amides is 1. The van der Waals surface area contributed by atoms with Gasteiger partial charge in [0.05, 0.1) is 6.04 Å². The predicted octanol–water partition coefficient (Wildman–Crippen LogP) is 1.19. The molecule has 0 spiro atoms. The molecular formula is C14H18N4O. The lowest BCUT2D eigenvalue weighted by molar-refractivity contribution is -0.122. The molecule has 1 aromatic rings. The van der Waals surface area contributed by atoms with Crippen molar-refractivity contribution in [2.24, 2.45) is 7.05 Å². The van der Waals surface area contributed by atoms with Crippen LogP contribution in [-0.4, -0.2) is 28.0 Å². The maximum absolute atomic E-state index is 12.0. The van der Waals surface area contributed by atoms with Crippen LogP contribution in [0.4, 0.5) is 0 Å². The molecule has 2 aliphatic heterocycles. The van der Waals surface area contributed by atoms with Crippen LogP contribution in [0.2, 0.25) is 0 Å². The molecule has 3 heterocycles. The lowest BCUT2D eigenvalue weighted by Gasteiger charge is -2.31. The largest absolute Gasteiger partial charge is 0.340 e. The molecular weight excluding hydrogens is 240 g/mol. The van der Waals surface area contributed by atoms with Crippen molar-refractivity contribution in [3.8, 4) is 6.07 Å². The summed E-state index contributed by atoms with van der Waals surface area (Å²) in [7, 11) is 1.89. The number of nitrogens with zero attached hydrogens (tertiary/aromatic N) is 3. The van der Waals surface area contributed by atoms with E-state index in [0.29, 0.717) is 5.69 Å². The average molecular weight is 258 g/mol. The molecule has 1 N–H and O–H groups in total. The first-order valence-corrected chi connectivity index (χ1v) is 6.76. The fourth-order valence-electron chi connectivity index (χ4n) is 3.22. The van der Waals surface area contributed by atoms with Crippen molar-refractivity contribution in [2.75, 3.05) is 6.54 Å². The van der Waals surface area contributed by atoms with Gasteiger partial charge in [-0.15, -0.1) is 0 Å². The highest BCUT2D eigenvalue weighted by molar-refractivity contribution is 5.84. The molecule has 2 fully saturated rings. The van der Waals surface area contributed by atoms with E-state index < -0.39 is 0 Å². The van der Waals surface area contributed by atoms with E-state index in [1.54, 1.807) is 0 Å². The number of hydrogen-bond donors (Lipinski definition) is 1. The number of fused-ring (bicyclic) bond motifs is 1. The number of aromatic nitrogens is 1. The molecule has 5 nitrogen and oxygen atoms in total. The number of carbonyl (C=O) groups excluding carboxylic acids is 1. The molecule has 0 radical (unpaired) electrons. The second-order valence-corrected chi connectivity index (χ2v) is 5.40. The smallest absolute Gasteiger partial charge is 0.238 e. The van der Waals surface area contributed by atoms with Gasteiger partial charge in [0.25, 0.3) is 0 Å². The molecule has 0 aromatic carbocycles. The monoisotopic (exact) mass is 258 g/mol. The Morgan fingerprint density at radius 1 is 1.47 bits per heavy atom. The number of rotatable bonds is 1. The Kier molecular flexibility index (Phi) is 2.83. The van der Waals surface area contributed by atoms with Gasteiger partial charge in [0.15, 0.2) is 0 Å². The van der Waals surface area contributed by atoms with Gasteiger partial charge >= 0.3 is 0 Å². The molecule has 1 amide bonds. The Morgan fingerprint density at radius 3 is 2.95 bits per heavy atom. The minimum atomic E-state index is -0.0638. The number of hydrogen-bond acceptors (Lipinski definition) is 3.